The second kappa shape index (κ2) is 9.72. The van der Waals surface area contributed by atoms with E-state index in [-0.39, 0.29) is 24.5 Å². The number of nitrogens with zero attached hydrogens (tertiary/aromatic N) is 1. The van der Waals surface area contributed by atoms with Crippen LogP contribution in [-0.4, -0.2) is 25.1 Å². The van der Waals surface area contributed by atoms with Gasteiger partial charge >= 0.3 is 0 Å². The van der Waals surface area contributed by atoms with Crippen LogP contribution >= 0.6 is 12.4 Å². The zero-order valence-corrected chi connectivity index (χ0v) is 16.2. The van der Waals surface area contributed by atoms with Crippen LogP contribution in [0.4, 0.5) is 5.69 Å². The number of hydrogen-bond donors (Lipinski definition) is 1. The molecule has 5 heteroatoms. The minimum Gasteiger partial charge on any atom is -0.354 e. The molecule has 1 unspecified atom stereocenters. The lowest BCUT2D eigenvalue weighted by molar-refractivity contribution is 0.0500. The largest absolute Gasteiger partial charge is 0.354 e. The lowest BCUT2D eigenvalue weighted by Crippen LogP contribution is -2.29. The molecule has 1 aliphatic heterocycles. The number of unbranched alkanes of at least 4 members (excludes halogenated alkanes) is 1. The van der Waals surface area contributed by atoms with Crippen LogP contribution < -0.4 is 10.2 Å². The summed E-state index contributed by atoms with van der Waals surface area (Å²) in [5.41, 5.74) is 2.56. The Labute approximate surface area is 162 Å². The van der Waals surface area contributed by atoms with Gasteiger partial charge in [-0.05, 0) is 37.6 Å². The zero-order valence-electron chi connectivity index (χ0n) is 15.4. The summed E-state index contributed by atoms with van der Waals surface area (Å²) in [6.07, 6.45) is 1.69. The Bertz CT molecular complexity index is 706. The van der Waals surface area contributed by atoms with Gasteiger partial charge in [-0.25, -0.2) is 0 Å². The summed E-state index contributed by atoms with van der Waals surface area (Å²) in [5, 5.41) is 3.41. The fourth-order valence-electron chi connectivity index (χ4n) is 3.10. The average molecular weight is 375 g/mol. The molecule has 0 radical (unpaired) electrons. The summed E-state index contributed by atoms with van der Waals surface area (Å²) in [6, 6.07) is 18.0. The van der Waals surface area contributed by atoms with Crippen LogP contribution in [-0.2, 0) is 4.74 Å². The SMILES string of the molecule is CC(C)NCCCCOC1c2ccccc2C(=O)N1c1ccccc1.Cl. The highest BCUT2D eigenvalue weighted by atomic mass is 35.5. The molecule has 2 aromatic rings. The molecule has 1 heterocycles. The van der Waals surface area contributed by atoms with E-state index in [4.69, 9.17) is 4.74 Å². The normalized spacial score (nSPS) is 15.9. The Balaban J connectivity index is 0.00000243. The number of ether oxygens (including phenoxy) is 1. The number of carbonyl (C=O) groups is 1. The molecule has 1 aliphatic rings. The van der Waals surface area contributed by atoms with Crippen LogP contribution in [0.3, 0.4) is 0 Å². The minimum absolute atomic E-state index is 0. The van der Waals surface area contributed by atoms with E-state index in [9.17, 15) is 4.79 Å². The van der Waals surface area contributed by atoms with Crippen LogP contribution in [0.15, 0.2) is 54.6 Å². The van der Waals surface area contributed by atoms with Crippen molar-refractivity contribution in [1.82, 2.24) is 5.32 Å². The highest BCUT2D eigenvalue weighted by Gasteiger charge is 2.38. The van der Waals surface area contributed by atoms with Gasteiger partial charge in [0.1, 0.15) is 0 Å². The number of amides is 1. The van der Waals surface area contributed by atoms with Gasteiger partial charge in [-0.1, -0.05) is 50.2 Å². The fourth-order valence-corrected chi connectivity index (χ4v) is 3.10. The van der Waals surface area contributed by atoms with Crippen molar-refractivity contribution in [3.05, 3.63) is 65.7 Å². The maximum Gasteiger partial charge on any atom is 0.261 e. The van der Waals surface area contributed by atoms with Crippen molar-refractivity contribution in [2.45, 2.75) is 39.0 Å². The first-order chi connectivity index (χ1) is 12.2. The molecule has 0 aromatic heterocycles. The van der Waals surface area contributed by atoms with E-state index < -0.39 is 0 Å². The molecule has 1 amide bonds. The third kappa shape index (κ3) is 4.64. The topological polar surface area (TPSA) is 41.6 Å². The second-order valence-electron chi connectivity index (χ2n) is 6.64. The van der Waals surface area contributed by atoms with E-state index in [1.54, 1.807) is 4.90 Å². The van der Waals surface area contributed by atoms with E-state index >= 15 is 0 Å². The van der Waals surface area contributed by atoms with Gasteiger partial charge < -0.3 is 10.1 Å². The molecular formula is C21H27ClN2O2. The molecule has 0 saturated heterocycles. The molecule has 1 N–H and O–H groups in total. The standard InChI is InChI=1S/C21H26N2O2.ClH/c1-16(2)22-14-8-9-15-25-21-19-13-7-6-12-18(19)20(24)23(21)17-10-4-3-5-11-17;/h3-7,10-13,16,21-22H,8-9,14-15H2,1-2H3;1H. The van der Waals surface area contributed by atoms with Crippen LogP contribution in [0.5, 0.6) is 0 Å². The van der Waals surface area contributed by atoms with Crippen LogP contribution in [0.1, 0.15) is 48.8 Å². The molecule has 4 nitrogen and oxygen atoms in total. The fraction of sp³-hybridized carbons (Fsp3) is 0.381. The Kier molecular flexibility index (Phi) is 7.64. The van der Waals surface area contributed by atoms with Crippen molar-refractivity contribution in [1.29, 1.82) is 0 Å². The molecule has 2 aromatic carbocycles. The quantitative estimate of drug-likeness (QED) is 0.688. The van der Waals surface area contributed by atoms with Gasteiger partial charge in [-0.15, -0.1) is 12.4 Å². The first-order valence-electron chi connectivity index (χ1n) is 9.01. The van der Waals surface area contributed by atoms with Crippen molar-refractivity contribution < 1.29 is 9.53 Å². The lowest BCUT2D eigenvalue weighted by atomic mass is 10.1. The predicted octanol–water partition coefficient (Wildman–Crippen LogP) is 4.56. The van der Waals surface area contributed by atoms with Crippen molar-refractivity contribution in [3.8, 4) is 0 Å². The van der Waals surface area contributed by atoms with Crippen LogP contribution in [0.25, 0.3) is 0 Å². The van der Waals surface area contributed by atoms with Crippen molar-refractivity contribution >= 4 is 24.0 Å². The van der Waals surface area contributed by atoms with Crippen molar-refractivity contribution in [3.63, 3.8) is 0 Å². The molecular weight excluding hydrogens is 348 g/mol. The summed E-state index contributed by atoms with van der Waals surface area (Å²) in [5.74, 6) is 0.00766. The first-order valence-corrected chi connectivity index (χ1v) is 9.01. The van der Waals surface area contributed by atoms with Gasteiger partial charge in [0.2, 0.25) is 0 Å². The molecule has 0 aliphatic carbocycles. The minimum atomic E-state index is -0.343. The van der Waals surface area contributed by atoms with Crippen LogP contribution in [0, 0.1) is 0 Å². The van der Waals surface area contributed by atoms with Gasteiger partial charge in [0.05, 0.1) is 0 Å². The van der Waals surface area contributed by atoms with E-state index in [1.165, 1.54) is 0 Å². The van der Waals surface area contributed by atoms with E-state index in [0.29, 0.717) is 12.6 Å². The number of nitrogens with one attached hydrogen (secondary N) is 1. The van der Waals surface area contributed by atoms with Gasteiger partial charge in [-0.3, -0.25) is 9.69 Å². The number of carbonyl (C=O) groups excluding carboxylic acids is 1. The van der Waals surface area contributed by atoms with E-state index in [0.717, 1.165) is 36.2 Å². The smallest absolute Gasteiger partial charge is 0.261 e. The summed E-state index contributed by atoms with van der Waals surface area (Å²) >= 11 is 0. The Hall–Kier alpha value is -1.88. The summed E-state index contributed by atoms with van der Waals surface area (Å²) in [6.45, 7) is 5.92. The molecule has 140 valence electrons. The lowest BCUT2D eigenvalue weighted by Gasteiger charge is -2.25. The third-order valence-corrected chi connectivity index (χ3v) is 4.34. The molecule has 3 rings (SSSR count). The second-order valence-corrected chi connectivity index (χ2v) is 6.64. The number of anilines is 1. The average Bonchev–Trinajstić information content (AvgIpc) is 2.91. The monoisotopic (exact) mass is 374 g/mol. The molecule has 0 spiro atoms. The molecule has 0 fully saturated rings. The summed E-state index contributed by atoms with van der Waals surface area (Å²) in [4.78, 5) is 14.6. The Morgan fingerprint density at radius 3 is 2.46 bits per heavy atom. The van der Waals surface area contributed by atoms with E-state index in [2.05, 4.69) is 19.2 Å². The predicted molar refractivity (Wildman–Crippen MR) is 108 cm³/mol. The number of benzene rings is 2. The summed E-state index contributed by atoms with van der Waals surface area (Å²) < 4.78 is 6.15. The molecule has 0 bridgehead atoms. The number of hydrogen-bond acceptors (Lipinski definition) is 3. The Morgan fingerprint density at radius 2 is 1.73 bits per heavy atom. The maximum absolute atomic E-state index is 12.9. The third-order valence-electron chi connectivity index (χ3n) is 4.34. The number of fused-ring (bicyclic) bond motifs is 1. The number of para-hydroxylation sites is 1. The van der Waals surface area contributed by atoms with Crippen molar-refractivity contribution in [2.75, 3.05) is 18.1 Å². The Morgan fingerprint density at radius 1 is 1.04 bits per heavy atom. The first kappa shape index (κ1) is 20.4. The number of rotatable bonds is 8. The molecule has 0 saturated carbocycles. The van der Waals surface area contributed by atoms with E-state index in [1.807, 2.05) is 54.6 Å². The highest BCUT2D eigenvalue weighted by molar-refractivity contribution is 6.10. The van der Waals surface area contributed by atoms with Gasteiger partial charge in [0, 0.05) is 29.5 Å². The summed E-state index contributed by atoms with van der Waals surface area (Å²) in [7, 11) is 0. The van der Waals surface area contributed by atoms with Crippen LogP contribution in [0.2, 0.25) is 0 Å². The van der Waals surface area contributed by atoms with Gasteiger partial charge in [0.15, 0.2) is 6.23 Å². The maximum atomic E-state index is 12.9. The number of halogens is 1. The van der Waals surface area contributed by atoms with Gasteiger partial charge in [0.25, 0.3) is 5.91 Å². The van der Waals surface area contributed by atoms with Gasteiger partial charge in [-0.2, -0.15) is 0 Å². The van der Waals surface area contributed by atoms with Crippen molar-refractivity contribution in [2.24, 2.45) is 0 Å². The highest BCUT2D eigenvalue weighted by Crippen LogP contribution is 2.38. The molecule has 26 heavy (non-hydrogen) atoms. The molecule has 1 atom stereocenters. The zero-order chi connectivity index (χ0) is 17.6.